The number of aryl methyl sites for hydroxylation is 1. The van der Waals surface area contributed by atoms with Crippen LogP contribution in [-0.4, -0.2) is 0 Å². The van der Waals surface area contributed by atoms with Gasteiger partial charge >= 0.3 is 0 Å². The van der Waals surface area contributed by atoms with Crippen LogP contribution >= 0.6 is 0 Å². The molecule has 0 aliphatic rings. The van der Waals surface area contributed by atoms with Crippen LogP contribution in [0.25, 0.3) is 0 Å². The highest BCUT2D eigenvalue weighted by Gasteiger charge is 2.14. The Bertz CT molecular complexity index is 300. The van der Waals surface area contributed by atoms with Crippen molar-refractivity contribution in [1.29, 1.82) is 0 Å². The van der Waals surface area contributed by atoms with E-state index in [9.17, 15) is 0 Å². The van der Waals surface area contributed by atoms with E-state index in [2.05, 4.69) is 58.9 Å². The molecule has 0 radical (unpaired) electrons. The van der Waals surface area contributed by atoms with Crippen LogP contribution in [0, 0.1) is 18.8 Å². The lowest BCUT2D eigenvalue weighted by atomic mass is 9.84. The summed E-state index contributed by atoms with van der Waals surface area (Å²) >= 11 is 0. The molecule has 0 N–H and O–H groups in total. The van der Waals surface area contributed by atoms with Crippen molar-refractivity contribution in [3.8, 4) is 0 Å². The predicted octanol–water partition coefficient (Wildman–Crippen LogP) is 5.17. The Morgan fingerprint density at radius 1 is 0.938 bits per heavy atom. The molecule has 0 aromatic heterocycles. The molecule has 1 aromatic carbocycles. The van der Waals surface area contributed by atoms with E-state index in [0.717, 1.165) is 17.8 Å². The summed E-state index contributed by atoms with van der Waals surface area (Å²) in [4.78, 5) is 0. The Morgan fingerprint density at radius 3 is 1.94 bits per heavy atom. The predicted molar refractivity (Wildman–Crippen MR) is 72.8 cm³/mol. The van der Waals surface area contributed by atoms with Gasteiger partial charge in [0.05, 0.1) is 0 Å². The van der Waals surface area contributed by atoms with Crippen LogP contribution in [0.3, 0.4) is 0 Å². The van der Waals surface area contributed by atoms with Crippen molar-refractivity contribution < 1.29 is 0 Å². The number of hydrogen-bond acceptors (Lipinski definition) is 0. The van der Waals surface area contributed by atoms with Gasteiger partial charge < -0.3 is 0 Å². The molecule has 0 bridgehead atoms. The molecule has 0 aliphatic heterocycles. The summed E-state index contributed by atoms with van der Waals surface area (Å²) in [6, 6.07) is 9.03. The standard InChI is InChI=1S/C16H26/c1-12(2)9-16(10-13(3)4)15-8-6-7-14(5)11-15/h6-8,11-13,16H,9-10H2,1-5H3. The molecule has 0 spiro atoms. The van der Waals surface area contributed by atoms with Gasteiger partial charge in [-0.2, -0.15) is 0 Å². The number of hydrogen-bond donors (Lipinski definition) is 0. The van der Waals surface area contributed by atoms with E-state index >= 15 is 0 Å². The lowest BCUT2D eigenvalue weighted by molar-refractivity contribution is 0.423. The smallest absolute Gasteiger partial charge is 0.0157 e. The average molecular weight is 218 g/mol. The summed E-state index contributed by atoms with van der Waals surface area (Å²) in [5.74, 6) is 2.30. The summed E-state index contributed by atoms with van der Waals surface area (Å²) < 4.78 is 0. The zero-order valence-electron chi connectivity index (χ0n) is 11.5. The van der Waals surface area contributed by atoms with Gasteiger partial charge in [0.1, 0.15) is 0 Å². The third-order valence-corrected chi connectivity index (χ3v) is 3.03. The van der Waals surface area contributed by atoms with E-state index in [0.29, 0.717) is 0 Å². The van der Waals surface area contributed by atoms with Crippen molar-refractivity contribution in [3.63, 3.8) is 0 Å². The molecule has 0 unspecified atom stereocenters. The first-order chi connectivity index (χ1) is 7.49. The van der Waals surface area contributed by atoms with Crippen LogP contribution in [0.5, 0.6) is 0 Å². The van der Waals surface area contributed by atoms with Crippen molar-refractivity contribution in [2.45, 2.75) is 53.4 Å². The van der Waals surface area contributed by atoms with Crippen LogP contribution in [0.1, 0.15) is 57.6 Å². The molecule has 90 valence electrons. The minimum Gasteiger partial charge on any atom is -0.0628 e. The van der Waals surface area contributed by atoms with Crippen LogP contribution in [-0.2, 0) is 0 Å². The molecule has 0 heteroatoms. The maximum absolute atomic E-state index is 2.36. The molecule has 0 atom stereocenters. The van der Waals surface area contributed by atoms with Gasteiger partial charge in [0, 0.05) is 0 Å². The Morgan fingerprint density at radius 2 is 1.50 bits per heavy atom. The van der Waals surface area contributed by atoms with E-state index in [-0.39, 0.29) is 0 Å². The van der Waals surface area contributed by atoms with Gasteiger partial charge in [-0.25, -0.2) is 0 Å². The summed E-state index contributed by atoms with van der Waals surface area (Å²) in [6.45, 7) is 11.5. The summed E-state index contributed by atoms with van der Waals surface area (Å²) in [7, 11) is 0. The second kappa shape index (κ2) is 6.08. The second-order valence-corrected chi connectivity index (χ2v) is 5.87. The fraction of sp³-hybridized carbons (Fsp3) is 0.625. The van der Waals surface area contributed by atoms with Crippen LogP contribution in [0.15, 0.2) is 24.3 Å². The summed E-state index contributed by atoms with van der Waals surface area (Å²) in [6.07, 6.45) is 2.61. The molecule has 0 fully saturated rings. The minimum absolute atomic E-state index is 0.736. The maximum Gasteiger partial charge on any atom is -0.0157 e. The number of benzene rings is 1. The molecule has 0 nitrogen and oxygen atoms in total. The molecule has 0 saturated heterocycles. The minimum atomic E-state index is 0.736. The van der Waals surface area contributed by atoms with Gasteiger partial charge in [0.15, 0.2) is 0 Å². The Kier molecular flexibility index (Phi) is 5.05. The molecule has 16 heavy (non-hydrogen) atoms. The fourth-order valence-electron chi connectivity index (χ4n) is 2.43. The van der Waals surface area contributed by atoms with Gasteiger partial charge in [-0.1, -0.05) is 57.5 Å². The van der Waals surface area contributed by atoms with Crippen LogP contribution in [0.2, 0.25) is 0 Å². The van der Waals surface area contributed by atoms with E-state index in [1.54, 1.807) is 0 Å². The molecule has 0 aliphatic carbocycles. The topological polar surface area (TPSA) is 0 Å². The third kappa shape index (κ3) is 4.38. The highest BCUT2D eigenvalue weighted by Crippen LogP contribution is 2.30. The first kappa shape index (κ1) is 13.3. The van der Waals surface area contributed by atoms with Crippen LogP contribution < -0.4 is 0 Å². The third-order valence-electron chi connectivity index (χ3n) is 3.03. The lowest BCUT2D eigenvalue weighted by Crippen LogP contribution is -2.06. The van der Waals surface area contributed by atoms with Crippen molar-refractivity contribution in [2.75, 3.05) is 0 Å². The highest BCUT2D eigenvalue weighted by atomic mass is 14.2. The van der Waals surface area contributed by atoms with E-state index in [1.165, 1.54) is 24.0 Å². The largest absolute Gasteiger partial charge is 0.0628 e. The van der Waals surface area contributed by atoms with Crippen molar-refractivity contribution in [3.05, 3.63) is 35.4 Å². The molecule has 0 heterocycles. The molecule has 1 aromatic rings. The van der Waals surface area contributed by atoms with Gasteiger partial charge in [-0.15, -0.1) is 0 Å². The SMILES string of the molecule is Cc1cccc(C(CC(C)C)CC(C)C)c1. The normalized spacial score (nSPS) is 11.8. The molecule has 0 saturated carbocycles. The fourth-order valence-corrected chi connectivity index (χ4v) is 2.43. The van der Waals surface area contributed by atoms with Gasteiger partial charge in [0.2, 0.25) is 0 Å². The van der Waals surface area contributed by atoms with Gasteiger partial charge in [-0.3, -0.25) is 0 Å². The van der Waals surface area contributed by atoms with Gasteiger partial charge in [0.25, 0.3) is 0 Å². The molecular weight excluding hydrogens is 192 g/mol. The highest BCUT2D eigenvalue weighted by molar-refractivity contribution is 5.25. The monoisotopic (exact) mass is 218 g/mol. The molecule has 1 rings (SSSR count). The first-order valence-electron chi connectivity index (χ1n) is 6.55. The maximum atomic E-state index is 2.36. The van der Waals surface area contributed by atoms with Gasteiger partial charge in [-0.05, 0) is 43.1 Å². The van der Waals surface area contributed by atoms with E-state index < -0.39 is 0 Å². The zero-order chi connectivity index (χ0) is 12.1. The second-order valence-electron chi connectivity index (χ2n) is 5.87. The van der Waals surface area contributed by atoms with Crippen molar-refractivity contribution in [1.82, 2.24) is 0 Å². The zero-order valence-corrected chi connectivity index (χ0v) is 11.5. The Labute approximate surface area is 101 Å². The van der Waals surface area contributed by atoms with E-state index in [1.807, 2.05) is 0 Å². The first-order valence-corrected chi connectivity index (χ1v) is 6.55. The Balaban J connectivity index is 2.82. The van der Waals surface area contributed by atoms with Crippen molar-refractivity contribution in [2.24, 2.45) is 11.8 Å². The number of rotatable bonds is 5. The molecule has 0 amide bonds. The summed E-state index contributed by atoms with van der Waals surface area (Å²) in [5.41, 5.74) is 2.91. The van der Waals surface area contributed by atoms with Crippen LogP contribution in [0.4, 0.5) is 0 Å². The quantitative estimate of drug-likeness (QED) is 0.639. The Hall–Kier alpha value is -0.780. The summed E-state index contributed by atoms with van der Waals surface area (Å²) in [5, 5.41) is 0. The van der Waals surface area contributed by atoms with E-state index in [4.69, 9.17) is 0 Å². The molecular formula is C16H26. The van der Waals surface area contributed by atoms with Crippen molar-refractivity contribution >= 4 is 0 Å². The average Bonchev–Trinajstić information content (AvgIpc) is 2.15. The lowest BCUT2D eigenvalue weighted by Gasteiger charge is -2.21.